The highest BCUT2D eigenvalue weighted by molar-refractivity contribution is 7.89. The van der Waals surface area contributed by atoms with E-state index < -0.39 is 21.1 Å². The second kappa shape index (κ2) is 10.7. The Labute approximate surface area is 198 Å². The maximum Gasteiger partial charge on any atom is 0.280 e. The van der Waals surface area contributed by atoms with Gasteiger partial charge in [-0.25, -0.2) is 28.1 Å². The normalized spacial score (nSPS) is 16.4. The quantitative estimate of drug-likeness (QED) is 0.330. The molecule has 2 aromatic heterocycles. The minimum atomic E-state index is -3.86. The third-order valence-electron chi connectivity index (χ3n) is 4.57. The number of ether oxygens (including phenoxy) is 1. The number of anilines is 1. The van der Waals surface area contributed by atoms with Crippen LogP contribution in [0.4, 0.5) is 9.52 Å². The summed E-state index contributed by atoms with van der Waals surface area (Å²) in [7, 11) is -3.86. The van der Waals surface area contributed by atoms with E-state index in [1.54, 1.807) is 6.07 Å². The highest BCUT2D eigenvalue weighted by Gasteiger charge is 2.22. The molecule has 0 radical (unpaired) electrons. The van der Waals surface area contributed by atoms with Gasteiger partial charge < -0.3 is 9.57 Å². The molecule has 0 saturated carbocycles. The summed E-state index contributed by atoms with van der Waals surface area (Å²) in [6.07, 6.45) is 4.30. The molecule has 178 valence electrons. The van der Waals surface area contributed by atoms with E-state index in [9.17, 15) is 17.6 Å². The van der Waals surface area contributed by atoms with Crippen molar-refractivity contribution in [3.05, 3.63) is 65.4 Å². The molecule has 1 atom stereocenters. The molecule has 0 bridgehead atoms. The third-order valence-corrected chi connectivity index (χ3v) is 6.69. The summed E-state index contributed by atoms with van der Waals surface area (Å²) in [4.78, 5) is 29.9. The van der Waals surface area contributed by atoms with Gasteiger partial charge in [0, 0.05) is 24.4 Å². The molecule has 4 rings (SSSR count). The largest absolute Gasteiger partial charge is 0.389 e. The number of amides is 1. The van der Waals surface area contributed by atoms with Crippen molar-refractivity contribution in [2.24, 2.45) is 5.16 Å². The van der Waals surface area contributed by atoms with Crippen LogP contribution < -0.4 is 10.0 Å². The highest BCUT2D eigenvalue weighted by Crippen LogP contribution is 2.18. The topological polar surface area (TPSA) is 145 Å². The molecule has 11 nitrogen and oxygen atoms in total. The summed E-state index contributed by atoms with van der Waals surface area (Å²) in [5, 5.41) is 5.92. The zero-order chi connectivity index (χ0) is 24.0. The molecule has 14 heteroatoms. The lowest BCUT2D eigenvalue weighted by Gasteiger charge is -2.11. The molecule has 3 aromatic rings. The highest BCUT2D eigenvalue weighted by atomic mass is 32.2. The number of halogens is 1. The second-order valence-electron chi connectivity index (χ2n) is 6.97. The SMILES string of the molecule is O=C(Nc1ncc(F)s1)C(=NO[C@@H]1CCOC1)c1ccc(S(=O)(=O)NCc2ncccn2)cc1. The van der Waals surface area contributed by atoms with Gasteiger partial charge in [-0.2, -0.15) is 4.39 Å². The van der Waals surface area contributed by atoms with E-state index in [4.69, 9.17) is 9.57 Å². The summed E-state index contributed by atoms with van der Waals surface area (Å²) in [5.74, 6) is -0.372. The number of sulfonamides is 1. The average Bonchev–Trinajstić information content (AvgIpc) is 3.51. The first-order chi connectivity index (χ1) is 16.4. The number of hydrogen-bond acceptors (Lipinski definition) is 10. The molecule has 1 aliphatic rings. The van der Waals surface area contributed by atoms with Gasteiger partial charge in [-0.05, 0) is 18.2 Å². The van der Waals surface area contributed by atoms with E-state index in [0.29, 0.717) is 42.4 Å². The molecular weight excluding hydrogens is 487 g/mol. The Hall–Kier alpha value is -3.33. The number of oxime groups is 1. The van der Waals surface area contributed by atoms with Crippen LogP contribution >= 0.6 is 11.3 Å². The Kier molecular flexibility index (Phi) is 7.52. The van der Waals surface area contributed by atoms with Gasteiger partial charge in [0.2, 0.25) is 10.0 Å². The number of thiazole rings is 1. The van der Waals surface area contributed by atoms with E-state index in [-0.39, 0.29) is 28.4 Å². The Balaban J connectivity index is 1.52. The van der Waals surface area contributed by atoms with Crippen molar-refractivity contribution >= 4 is 38.1 Å². The van der Waals surface area contributed by atoms with Crippen molar-refractivity contribution < 1.29 is 27.2 Å². The van der Waals surface area contributed by atoms with Gasteiger partial charge in [-0.3, -0.25) is 10.1 Å². The minimum absolute atomic E-state index is 0.0287. The lowest BCUT2D eigenvalue weighted by molar-refractivity contribution is -0.110. The van der Waals surface area contributed by atoms with Crippen LogP contribution in [-0.4, -0.2) is 54.3 Å². The number of rotatable bonds is 9. The standard InChI is InChI=1S/C20H19FN6O5S2/c21-16-10-24-20(33-16)26-19(28)18(27-32-14-6-9-31-12-14)13-2-4-15(5-3-13)34(29,30)25-11-17-22-7-1-8-23-17/h1-5,7-8,10,14,25H,6,9,11-12H2,(H,24,26,28)/t14-/m1/s1. The Bertz CT molecular complexity index is 1260. The van der Waals surface area contributed by atoms with Crippen LogP contribution in [0.5, 0.6) is 0 Å². The Morgan fingerprint density at radius 3 is 2.65 bits per heavy atom. The maximum absolute atomic E-state index is 13.2. The molecule has 3 heterocycles. The monoisotopic (exact) mass is 506 g/mol. The van der Waals surface area contributed by atoms with Gasteiger partial charge >= 0.3 is 0 Å². The van der Waals surface area contributed by atoms with Crippen LogP contribution in [0.2, 0.25) is 0 Å². The van der Waals surface area contributed by atoms with Crippen molar-refractivity contribution in [1.82, 2.24) is 19.7 Å². The Morgan fingerprint density at radius 1 is 1.24 bits per heavy atom. The summed E-state index contributed by atoms with van der Waals surface area (Å²) in [6, 6.07) is 7.12. The van der Waals surface area contributed by atoms with Crippen LogP contribution in [0.3, 0.4) is 0 Å². The summed E-state index contributed by atoms with van der Waals surface area (Å²) >= 11 is 0.658. The van der Waals surface area contributed by atoms with Gasteiger partial charge in [0.25, 0.3) is 5.91 Å². The molecular formula is C20H19FN6O5S2. The number of carbonyl (C=O) groups is 1. The lowest BCUT2D eigenvalue weighted by atomic mass is 10.1. The van der Waals surface area contributed by atoms with E-state index >= 15 is 0 Å². The number of hydrogen-bond donors (Lipinski definition) is 2. The molecule has 1 aromatic carbocycles. The van der Waals surface area contributed by atoms with Gasteiger partial charge in [-0.15, -0.1) is 0 Å². The third kappa shape index (κ3) is 6.17. The summed E-state index contributed by atoms with van der Waals surface area (Å²) < 4.78 is 46.1. The fourth-order valence-corrected chi connectivity index (χ4v) is 4.39. The second-order valence-corrected chi connectivity index (χ2v) is 9.72. The predicted octanol–water partition coefficient (Wildman–Crippen LogP) is 1.70. The van der Waals surface area contributed by atoms with E-state index in [1.165, 1.54) is 36.7 Å². The van der Waals surface area contributed by atoms with Crippen LogP contribution in [-0.2, 0) is 30.9 Å². The summed E-state index contributed by atoms with van der Waals surface area (Å²) in [5.41, 5.74) is 0.163. The van der Waals surface area contributed by atoms with Gasteiger partial charge in [0.1, 0.15) is 5.82 Å². The number of carbonyl (C=O) groups excluding carboxylic acids is 1. The molecule has 1 amide bonds. The summed E-state index contributed by atoms with van der Waals surface area (Å²) in [6.45, 7) is 0.777. The fraction of sp³-hybridized carbons (Fsp3) is 0.250. The number of benzene rings is 1. The van der Waals surface area contributed by atoms with Gasteiger partial charge in [0.05, 0.1) is 30.9 Å². The van der Waals surface area contributed by atoms with Gasteiger partial charge in [-0.1, -0.05) is 28.6 Å². The first kappa shape index (κ1) is 23.8. The van der Waals surface area contributed by atoms with Crippen molar-refractivity contribution in [3.8, 4) is 0 Å². The number of nitrogens with zero attached hydrogens (tertiary/aromatic N) is 4. The first-order valence-corrected chi connectivity index (χ1v) is 12.3. The molecule has 1 fully saturated rings. The van der Waals surface area contributed by atoms with E-state index in [0.717, 1.165) is 6.20 Å². The lowest BCUT2D eigenvalue weighted by Crippen LogP contribution is -2.26. The van der Waals surface area contributed by atoms with Crippen molar-refractivity contribution in [1.29, 1.82) is 0 Å². The maximum atomic E-state index is 13.2. The van der Waals surface area contributed by atoms with Crippen LogP contribution in [0, 0.1) is 5.13 Å². The van der Waals surface area contributed by atoms with Gasteiger partial charge in [0.15, 0.2) is 22.1 Å². The molecule has 0 aliphatic carbocycles. The van der Waals surface area contributed by atoms with Crippen LogP contribution in [0.1, 0.15) is 17.8 Å². The smallest absolute Gasteiger partial charge is 0.280 e. The zero-order valence-electron chi connectivity index (χ0n) is 17.5. The van der Waals surface area contributed by atoms with Crippen molar-refractivity contribution in [3.63, 3.8) is 0 Å². The first-order valence-electron chi connectivity index (χ1n) is 10.0. The molecule has 1 saturated heterocycles. The Morgan fingerprint density at radius 2 is 2.00 bits per heavy atom. The van der Waals surface area contributed by atoms with E-state index in [1.807, 2.05) is 0 Å². The molecule has 34 heavy (non-hydrogen) atoms. The van der Waals surface area contributed by atoms with Crippen molar-refractivity contribution in [2.45, 2.75) is 24.0 Å². The molecule has 0 unspecified atom stereocenters. The number of nitrogens with one attached hydrogen (secondary N) is 2. The van der Waals surface area contributed by atoms with E-state index in [2.05, 4.69) is 30.1 Å². The molecule has 0 spiro atoms. The predicted molar refractivity (Wildman–Crippen MR) is 120 cm³/mol. The number of aromatic nitrogens is 3. The van der Waals surface area contributed by atoms with Crippen molar-refractivity contribution in [2.75, 3.05) is 18.5 Å². The molecule has 1 aliphatic heterocycles. The minimum Gasteiger partial charge on any atom is -0.389 e. The molecule has 2 N–H and O–H groups in total. The average molecular weight is 507 g/mol. The zero-order valence-corrected chi connectivity index (χ0v) is 19.2. The fourth-order valence-electron chi connectivity index (χ4n) is 2.87. The van der Waals surface area contributed by atoms with Crippen LogP contribution in [0.15, 0.2) is 59.0 Å². The van der Waals surface area contributed by atoms with Crippen LogP contribution in [0.25, 0.3) is 0 Å².